The summed E-state index contributed by atoms with van der Waals surface area (Å²) in [5, 5.41) is 2.95. The molecule has 0 bridgehead atoms. The van der Waals surface area contributed by atoms with Crippen molar-refractivity contribution in [1.29, 1.82) is 0 Å². The molecule has 0 aliphatic rings. The minimum absolute atomic E-state index is 0.218. The number of nitrogens with one attached hydrogen (secondary N) is 1. The van der Waals surface area contributed by atoms with Gasteiger partial charge in [-0.05, 0) is 42.8 Å². The van der Waals surface area contributed by atoms with Gasteiger partial charge in [0, 0.05) is 6.08 Å². The molecule has 2 heterocycles. The molecule has 0 saturated carbocycles. The smallest absolute Gasteiger partial charge is 0.244 e. The van der Waals surface area contributed by atoms with E-state index in [4.69, 9.17) is 8.83 Å². The average Bonchev–Trinajstić information content (AvgIpc) is 3.23. The van der Waals surface area contributed by atoms with Crippen LogP contribution in [0.15, 0.2) is 75.8 Å². The van der Waals surface area contributed by atoms with Gasteiger partial charge in [-0.1, -0.05) is 30.3 Å². The second kappa shape index (κ2) is 6.83. The zero-order valence-electron chi connectivity index (χ0n) is 12.7. The van der Waals surface area contributed by atoms with Gasteiger partial charge in [0.25, 0.3) is 0 Å². The zero-order chi connectivity index (χ0) is 16.1. The fraction of sp³-hybridized carbons (Fsp3) is 0.105. The van der Waals surface area contributed by atoms with E-state index in [2.05, 4.69) is 5.32 Å². The summed E-state index contributed by atoms with van der Waals surface area (Å²) in [5.41, 5.74) is 0.957. The van der Waals surface area contributed by atoms with Crippen LogP contribution in [-0.4, -0.2) is 5.91 Å². The summed E-state index contributed by atoms with van der Waals surface area (Å²) < 4.78 is 10.9. The van der Waals surface area contributed by atoms with Crippen LogP contribution in [0, 0.1) is 6.92 Å². The second-order valence-electron chi connectivity index (χ2n) is 5.15. The van der Waals surface area contributed by atoms with Crippen molar-refractivity contribution >= 4 is 12.0 Å². The third kappa shape index (κ3) is 3.80. The number of furan rings is 2. The average molecular weight is 307 g/mol. The highest BCUT2D eigenvalue weighted by atomic mass is 16.3. The molecule has 4 heteroatoms. The lowest BCUT2D eigenvalue weighted by atomic mass is 10.0. The Bertz CT molecular complexity index is 785. The fourth-order valence-corrected chi connectivity index (χ4v) is 2.31. The second-order valence-corrected chi connectivity index (χ2v) is 5.15. The summed E-state index contributed by atoms with van der Waals surface area (Å²) >= 11 is 0. The Balaban J connectivity index is 1.76. The molecule has 116 valence electrons. The lowest BCUT2D eigenvalue weighted by Crippen LogP contribution is -2.27. The van der Waals surface area contributed by atoms with Gasteiger partial charge in [0.2, 0.25) is 5.91 Å². The summed E-state index contributed by atoms with van der Waals surface area (Å²) in [6.07, 6.45) is 4.70. The van der Waals surface area contributed by atoms with Gasteiger partial charge >= 0.3 is 0 Å². The van der Waals surface area contributed by atoms with Gasteiger partial charge in [-0.25, -0.2) is 0 Å². The van der Waals surface area contributed by atoms with Crippen molar-refractivity contribution in [3.8, 4) is 0 Å². The van der Waals surface area contributed by atoms with Crippen LogP contribution in [0.5, 0.6) is 0 Å². The lowest BCUT2D eigenvalue weighted by molar-refractivity contribution is -0.117. The molecule has 3 aromatic rings. The molecule has 0 saturated heterocycles. The number of carbonyl (C=O) groups is 1. The minimum atomic E-state index is -0.332. The molecule has 3 rings (SSSR count). The summed E-state index contributed by atoms with van der Waals surface area (Å²) in [6.45, 7) is 1.86. The van der Waals surface area contributed by atoms with E-state index < -0.39 is 0 Å². The molecule has 2 aromatic heterocycles. The molecule has 23 heavy (non-hydrogen) atoms. The molecule has 4 nitrogen and oxygen atoms in total. The molecule has 1 N–H and O–H groups in total. The first-order valence-corrected chi connectivity index (χ1v) is 7.36. The Morgan fingerprint density at radius 3 is 2.57 bits per heavy atom. The van der Waals surface area contributed by atoms with Crippen LogP contribution < -0.4 is 5.32 Å². The van der Waals surface area contributed by atoms with Crippen molar-refractivity contribution in [1.82, 2.24) is 5.32 Å². The summed E-state index contributed by atoms with van der Waals surface area (Å²) in [6, 6.07) is 16.7. The van der Waals surface area contributed by atoms with Gasteiger partial charge < -0.3 is 14.2 Å². The molecule has 0 aliphatic heterocycles. The van der Waals surface area contributed by atoms with Crippen molar-refractivity contribution in [3.05, 3.63) is 89.8 Å². The third-order valence-corrected chi connectivity index (χ3v) is 3.41. The summed E-state index contributed by atoms with van der Waals surface area (Å²) in [4.78, 5) is 12.2. The first-order chi connectivity index (χ1) is 11.2. The summed E-state index contributed by atoms with van der Waals surface area (Å²) in [5.74, 6) is 1.92. The molecule has 0 radical (unpaired) electrons. The van der Waals surface area contributed by atoms with Gasteiger partial charge in [-0.2, -0.15) is 0 Å². The van der Waals surface area contributed by atoms with Crippen molar-refractivity contribution in [2.45, 2.75) is 13.0 Å². The number of amides is 1. The molecule has 1 aromatic carbocycles. The fourth-order valence-electron chi connectivity index (χ4n) is 2.31. The molecular weight excluding hydrogens is 290 g/mol. The van der Waals surface area contributed by atoms with Crippen LogP contribution in [0.4, 0.5) is 0 Å². The standard InChI is InChI=1S/C19H17NO3/c1-14-9-10-16(23-14)11-12-18(21)20-19(17-8-5-13-22-17)15-6-3-2-4-7-15/h2-13,19H,1H3,(H,20,21)/b12-11+/t19-/m1/s1. The van der Waals surface area contributed by atoms with Gasteiger partial charge in [0.05, 0.1) is 6.26 Å². The Kier molecular flexibility index (Phi) is 4.43. The van der Waals surface area contributed by atoms with Crippen molar-refractivity contribution in [3.63, 3.8) is 0 Å². The van der Waals surface area contributed by atoms with E-state index in [9.17, 15) is 4.79 Å². The predicted molar refractivity (Wildman–Crippen MR) is 87.6 cm³/mol. The molecule has 1 atom stereocenters. The Morgan fingerprint density at radius 1 is 1.09 bits per heavy atom. The van der Waals surface area contributed by atoms with E-state index in [0.717, 1.165) is 11.3 Å². The number of rotatable bonds is 5. The summed E-state index contributed by atoms with van der Waals surface area (Å²) in [7, 11) is 0. The van der Waals surface area contributed by atoms with Gasteiger partial charge in [-0.15, -0.1) is 0 Å². The molecule has 0 fully saturated rings. The van der Waals surface area contributed by atoms with E-state index in [0.29, 0.717) is 11.5 Å². The maximum Gasteiger partial charge on any atom is 0.244 e. The van der Waals surface area contributed by atoms with Crippen molar-refractivity contribution in [2.24, 2.45) is 0 Å². The first-order valence-electron chi connectivity index (χ1n) is 7.36. The van der Waals surface area contributed by atoms with Crippen LogP contribution >= 0.6 is 0 Å². The quantitative estimate of drug-likeness (QED) is 0.722. The van der Waals surface area contributed by atoms with Gasteiger partial charge in [-0.3, -0.25) is 4.79 Å². The number of carbonyl (C=O) groups excluding carboxylic acids is 1. The SMILES string of the molecule is Cc1ccc(/C=C/C(=O)N[C@H](c2ccccc2)c2ccco2)o1. The predicted octanol–water partition coefficient (Wildman–Crippen LogP) is 4.10. The molecule has 0 spiro atoms. The topological polar surface area (TPSA) is 55.4 Å². The van der Waals surface area contributed by atoms with E-state index in [-0.39, 0.29) is 11.9 Å². The Labute approximate surface area is 134 Å². The minimum Gasteiger partial charge on any atom is -0.467 e. The number of benzene rings is 1. The van der Waals surface area contributed by atoms with Crippen LogP contribution in [0.3, 0.4) is 0 Å². The first kappa shape index (κ1) is 14.9. The molecular formula is C19H17NO3. The van der Waals surface area contributed by atoms with Gasteiger partial charge in [0.15, 0.2) is 0 Å². The Hall–Kier alpha value is -3.01. The third-order valence-electron chi connectivity index (χ3n) is 3.41. The van der Waals surface area contributed by atoms with Crippen LogP contribution in [-0.2, 0) is 4.79 Å². The largest absolute Gasteiger partial charge is 0.467 e. The van der Waals surface area contributed by atoms with Crippen molar-refractivity contribution < 1.29 is 13.6 Å². The molecule has 0 aliphatic carbocycles. The highest BCUT2D eigenvalue weighted by Gasteiger charge is 2.18. The maximum atomic E-state index is 12.2. The normalized spacial score (nSPS) is 12.4. The van der Waals surface area contributed by atoms with E-state index in [1.165, 1.54) is 6.08 Å². The lowest BCUT2D eigenvalue weighted by Gasteiger charge is -2.16. The van der Waals surface area contributed by atoms with Gasteiger partial charge in [0.1, 0.15) is 23.3 Å². The molecule has 0 unspecified atom stereocenters. The van der Waals surface area contributed by atoms with E-state index in [1.807, 2.05) is 55.5 Å². The van der Waals surface area contributed by atoms with E-state index >= 15 is 0 Å². The monoisotopic (exact) mass is 307 g/mol. The number of hydrogen-bond acceptors (Lipinski definition) is 3. The molecule has 1 amide bonds. The van der Waals surface area contributed by atoms with Crippen molar-refractivity contribution in [2.75, 3.05) is 0 Å². The van der Waals surface area contributed by atoms with E-state index in [1.54, 1.807) is 18.4 Å². The zero-order valence-corrected chi connectivity index (χ0v) is 12.7. The highest BCUT2D eigenvalue weighted by Crippen LogP contribution is 2.22. The Morgan fingerprint density at radius 2 is 1.91 bits per heavy atom. The highest BCUT2D eigenvalue weighted by molar-refractivity contribution is 5.91. The van der Waals surface area contributed by atoms with Crippen LogP contribution in [0.2, 0.25) is 0 Å². The van der Waals surface area contributed by atoms with Crippen LogP contribution in [0.25, 0.3) is 6.08 Å². The number of aryl methyl sites for hydroxylation is 1. The number of hydrogen-bond donors (Lipinski definition) is 1. The maximum absolute atomic E-state index is 12.2. The van der Waals surface area contributed by atoms with Crippen LogP contribution in [0.1, 0.15) is 28.9 Å².